The lowest BCUT2D eigenvalue weighted by Crippen LogP contribution is -2.51. The Morgan fingerprint density at radius 2 is 2.00 bits per heavy atom. The third-order valence-electron chi connectivity index (χ3n) is 4.23. The minimum Gasteiger partial charge on any atom is -0.346 e. The van der Waals surface area contributed by atoms with Crippen LogP contribution in [0.3, 0.4) is 0 Å². The molecule has 0 aromatic heterocycles. The first-order valence-corrected chi connectivity index (χ1v) is 8.69. The lowest BCUT2D eigenvalue weighted by atomic mass is 9.96. The van der Waals surface area contributed by atoms with Gasteiger partial charge < -0.3 is 14.8 Å². The molecule has 2 aliphatic rings. The molecule has 0 aliphatic carbocycles. The number of imide groups is 1. The monoisotopic (exact) mass is 430 g/mol. The molecule has 1 aromatic carbocycles. The molecule has 3 rings (SSSR count). The predicted octanol–water partition coefficient (Wildman–Crippen LogP) is 2.26. The van der Waals surface area contributed by atoms with Crippen molar-refractivity contribution in [3.63, 3.8) is 0 Å². The Kier molecular flexibility index (Phi) is 4.61. The van der Waals surface area contributed by atoms with E-state index in [1.165, 1.54) is 0 Å². The number of halogens is 1. The summed E-state index contributed by atoms with van der Waals surface area (Å²) in [6, 6.07) is 7.50. The van der Waals surface area contributed by atoms with Crippen LogP contribution in [0.1, 0.15) is 31.7 Å². The summed E-state index contributed by atoms with van der Waals surface area (Å²) in [6.45, 7) is 2.31. The Hall–Kier alpha value is -1.19. The highest BCUT2D eigenvalue weighted by Crippen LogP contribution is 2.37. The van der Waals surface area contributed by atoms with Crippen LogP contribution in [0.15, 0.2) is 24.3 Å². The molecule has 1 aromatic rings. The van der Waals surface area contributed by atoms with Gasteiger partial charge in [0.25, 0.3) is 5.91 Å². The van der Waals surface area contributed by atoms with Gasteiger partial charge in [-0.3, -0.25) is 10.1 Å². The van der Waals surface area contributed by atoms with Gasteiger partial charge in [-0.25, -0.2) is 4.79 Å². The zero-order valence-electron chi connectivity index (χ0n) is 12.9. The molecular weight excluding hydrogens is 411 g/mol. The van der Waals surface area contributed by atoms with Crippen molar-refractivity contribution < 1.29 is 19.1 Å². The molecule has 7 heteroatoms. The molecule has 0 radical (unpaired) electrons. The number of amides is 3. The van der Waals surface area contributed by atoms with E-state index in [1.807, 2.05) is 24.3 Å². The maximum Gasteiger partial charge on any atom is 0.322 e. The van der Waals surface area contributed by atoms with Gasteiger partial charge in [0.1, 0.15) is 5.54 Å². The number of nitrogens with one attached hydrogen (secondary N) is 2. The van der Waals surface area contributed by atoms with Gasteiger partial charge in [-0.2, -0.15) is 0 Å². The van der Waals surface area contributed by atoms with Gasteiger partial charge in [-0.1, -0.05) is 12.1 Å². The highest BCUT2D eigenvalue weighted by Gasteiger charge is 2.46. The Morgan fingerprint density at radius 3 is 2.57 bits per heavy atom. The van der Waals surface area contributed by atoms with Gasteiger partial charge in [0, 0.05) is 15.6 Å². The topological polar surface area (TPSA) is 76.7 Å². The average Bonchev–Trinajstić information content (AvgIpc) is 2.80. The van der Waals surface area contributed by atoms with E-state index in [-0.39, 0.29) is 12.5 Å². The van der Waals surface area contributed by atoms with Gasteiger partial charge >= 0.3 is 6.03 Å². The number of carbonyl (C=O) groups excluding carboxylic acids is 2. The fourth-order valence-corrected chi connectivity index (χ4v) is 3.20. The Morgan fingerprint density at radius 1 is 1.26 bits per heavy atom. The second-order valence-corrected chi connectivity index (χ2v) is 7.34. The van der Waals surface area contributed by atoms with E-state index in [2.05, 4.69) is 33.2 Å². The average molecular weight is 430 g/mol. The van der Waals surface area contributed by atoms with Crippen LogP contribution in [0.25, 0.3) is 0 Å². The standard InChI is InChI=1S/C16H19IN2O4/c1-15(13(20)18-14(21)19-15)10-23-16(8-2-3-9-22-16)11-4-6-12(17)7-5-11/h4-7H,2-3,8-10H2,1H3,(H2,18,19,20,21). The third kappa shape index (κ3) is 3.36. The van der Waals surface area contributed by atoms with Crippen LogP contribution in [0.2, 0.25) is 0 Å². The summed E-state index contributed by atoms with van der Waals surface area (Å²) in [6.07, 6.45) is 2.70. The second-order valence-electron chi connectivity index (χ2n) is 6.09. The molecule has 124 valence electrons. The largest absolute Gasteiger partial charge is 0.346 e. The molecule has 3 amide bonds. The highest BCUT2D eigenvalue weighted by atomic mass is 127. The summed E-state index contributed by atoms with van der Waals surface area (Å²) in [4.78, 5) is 23.3. The summed E-state index contributed by atoms with van der Waals surface area (Å²) >= 11 is 2.25. The third-order valence-corrected chi connectivity index (χ3v) is 4.95. The normalized spacial score (nSPS) is 30.9. The van der Waals surface area contributed by atoms with Gasteiger partial charge in [0.15, 0.2) is 5.79 Å². The van der Waals surface area contributed by atoms with E-state index in [9.17, 15) is 9.59 Å². The molecule has 2 fully saturated rings. The van der Waals surface area contributed by atoms with E-state index in [1.54, 1.807) is 6.92 Å². The molecule has 2 heterocycles. The fraction of sp³-hybridized carbons (Fsp3) is 0.500. The van der Waals surface area contributed by atoms with Crippen molar-refractivity contribution in [3.8, 4) is 0 Å². The lowest BCUT2D eigenvalue weighted by molar-refractivity contribution is -0.270. The van der Waals surface area contributed by atoms with Crippen LogP contribution in [-0.4, -0.2) is 30.7 Å². The van der Waals surface area contributed by atoms with E-state index in [0.29, 0.717) is 6.61 Å². The lowest BCUT2D eigenvalue weighted by Gasteiger charge is -2.39. The zero-order valence-corrected chi connectivity index (χ0v) is 15.0. The second kappa shape index (κ2) is 6.37. The van der Waals surface area contributed by atoms with E-state index >= 15 is 0 Å². The molecule has 2 aliphatic heterocycles. The molecule has 23 heavy (non-hydrogen) atoms. The van der Waals surface area contributed by atoms with E-state index < -0.39 is 17.4 Å². The van der Waals surface area contributed by atoms with E-state index in [0.717, 1.165) is 28.4 Å². The van der Waals surface area contributed by atoms with Crippen LogP contribution < -0.4 is 10.6 Å². The fourth-order valence-electron chi connectivity index (χ4n) is 2.84. The predicted molar refractivity (Wildman–Crippen MR) is 91.7 cm³/mol. The summed E-state index contributed by atoms with van der Waals surface area (Å²) in [5.41, 5.74) is -0.139. The molecule has 2 atom stereocenters. The summed E-state index contributed by atoms with van der Waals surface area (Å²) in [5.74, 6) is -1.24. The van der Waals surface area contributed by atoms with Crippen molar-refractivity contribution in [1.82, 2.24) is 10.6 Å². The van der Waals surface area contributed by atoms with Crippen LogP contribution in [0.4, 0.5) is 4.79 Å². The molecule has 0 spiro atoms. The molecule has 0 bridgehead atoms. The quantitative estimate of drug-likeness (QED) is 0.568. The van der Waals surface area contributed by atoms with Crippen molar-refractivity contribution in [2.24, 2.45) is 0 Å². The van der Waals surface area contributed by atoms with Gasteiger partial charge in [0.2, 0.25) is 0 Å². The maximum atomic E-state index is 11.9. The number of urea groups is 1. The first-order valence-electron chi connectivity index (χ1n) is 7.61. The number of hydrogen-bond acceptors (Lipinski definition) is 4. The van der Waals surface area contributed by atoms with Crippen molar-refractivity contribution in [2.45, 2.75) is 37.5 Å². The summed E-state index contributed by atoms with van der Waals surface area (Å²) in [7, 11) is 0. The first kappa shape index (κ1) is 16.7. The minimum absolute atomic E-state index is 0.0521. The van der Waals surface area contributed by atoms with Crippen molar-refractivity contribution >= 4 is 34.5 Å². The minimum atomic E-state index is -1.08. The molecule has 2 N–H and O–H groups in total. The molecular formula is C16H19IN2O4. The number of hydrogen-bond donors (Lipinski definition) is 2. The molecule has 6 nitrogen and oxygen atoms in total. The number of benzene rings is 1. The van der Waals surface area contributed by atoms with Crippen LogP contribution in [-0.2, 0) is 20.1 Å². The Labute approximate surface area is 148 Å². The van der Waals surface area contributed by atoms with Gasteiger partial charge in [0.05, 0.1) is 13.2 Å². The smallest absolute Gasteiger partial charge is 0.322 e. The molecule has 0 saturated carbocycles. The van der Waals surface area contributed by atoms with Gasteiger partial charge in [-0.15, -0.1) is 0 Å². The number of rotatable bonds is 4. The number of carbonyl (C=O) groups is 2. The Balaban J connectivity index is 1.81. The van der Waals surface area contributed by atoms with Crippen molar-refractivity contribution in [2.75, 3.05) is 13.2 Å². The number of ether oxygens (including phenoxy) is 2. The summed E-state index contributed by atoms with van der Waals surface area (Å²) in [5, 5.41) is 4.86. The van der Waals surface area contributed by atoms with E-state index in [4.69, 9.17) is 9.47 Å². The molecule has 2 unspecified atom stereocenters. The summed E-state index contributed by atoms with van der Waals surface area (Å²) < 4.78 is 13.2. The van der Waals surface area contributed by atoms with Crippen molar-refractivity contribution in [3.05, 3.63) is 33.4 Å². The molecule has 2 saturated heterocycles. The van der Waals surface area contributed by atoms with Crippen molar-refractivity contribution in [1.29, 1.82) is 0 Å². The van der Waals surface area contributed by atoms with Crippen LogP contribution in [0.5, 0.6) is 0 Å². The maximum absolute atomic E-state index is 11.9. The zero-order chi connectivity index (χ0) is 16.5. The van der Waals surface area contributed by atoms with Gasteiger partial charge in [-0.05, 0) is 54.5 Å². The van der Waals surface area contributed by atoms with Crippen LogP contribution >= 0.6 is 22.6 Å². The highest BCUT2D eigenvalue weighted by molar-refractivity contribution is 14.1. The SMILES string of the molecule is CC1(COC2(c3ccc(I)cc3)CCCCO2)NC(=O)NC1=O. The van der Waals surface area contributed by atoms with Crippen LogP contribution in [0, 0.1) is 3.57 Å². The first-order chi connectivity index (χ1) is 10.9. The Bertz CT molecular complexity index is 613.